The van der Waals surface area contributed by atoms with Crippen LogP contribution >= 0.6 is 0 Å². The summed E-state index contributed by atoms with van der Waals surface area (Å²) in [6.07, 6.45) is -4.78. The van der Waals surface area contributed by atoms with Gasteiger partial charge in [0.15, 0.2) is 5.78 Å². The van der Waals surface area contributed by atoms with Gasteiger partial charge in [0.2, 0.25) is 0 Å². The van der Waals surface area contributed by atoms with Gasteiger partial charge in [-0.3, -0.25) is 14.5 Å². The summed E-state index contributed by atoms with van der Waals surface area (Å²) in [5.74, 6) is -2.56. The number of hydrogen-bond donors (Lipinski definition) is 2. The van der Waals surface area contributed by atoms with Crippen LogP contribution in [0.25, 0.3) is 0 Å². The number of hydrogen-bond acceptors (Lipinski definition) is 4. The van der Waals surface area contributed by atoms with Crippen molar-refractivity contribution in [1.29, 1.82) is 0 Å². The second-order valence-corrected chi connectivity index (χ2v) is 16.0. The number of fused-ring (bicyclic) bond motifs is 1. The van der Waals surface area contributed by atoms with Crippen LogP contribution in [0.1, 0.15) is 115 Å². The summed E-state index contributed by atoms with van der Waals surface area (Å²) in [5, 5.41) is 14.8. The van der Waals surface area contributed by atoms with Crippen molar-refractivity contribution >= 4 is 23.1 Å². The minimum Gasteiger partial charge on any atom is -0.507 e. The molecule has 1 amide bonds. The minimum absolute atomic E-state index is 0.0239. The van der Waals surface area contributed by atoms with Crippen LogP contribution in [-0.2, 0) is 25.8 Å². The number of carbonyl (C=O) groups is 2. The number of halogens is 3. The average Bonchev–Trinajstić information content (AvgIpc) is 3.09. The van der Waals surface area contributed by atoms with Gasteiger partial charge in [0.25, 0.3) is 0 Å². The molecule has 0 fully saturated rings. The summed E-state index contributed by atoms with van der Waals surface area (Å²) >= 11 is 0. The topological polar surface area (TPSA) is 69.6 Å². The molecule has 1 aliphatic carbocycles. The normalized spacial score (nSPS) is 19.1. The molecule has 0 spiro atoms. The number of ketones is 1. The Hall–Kier alpha value is -4.07. The lowest BCUT2D eigenvalue weighted by Crippen LogP contribution is -2.45. The van der Waals surface area contributed by atoms with Gasteiger partial charge in [-0.05, 0) is 80.7 Å². The first-order valence-electron chi connectivity index (χ1n) is 16.1. The zero-order chi connectivity index (χ0) is 34.9. The third-order valence-electron chi connectivity index (χ3n) is 9.26. The molecule has 0 bridgehead atoms. The first kappa shape index (κ1) is 34.3. The maximum atomic E-state index is 14.5. The molecular formula is C39H45F3N2O3. The van der Waals surface area contributed by atoms with Crippen LogP contribution in [0, 0.1) is 0 Å². The average molecular weight is 647 g/mol. The van der Waals surface area contributed by atoms with E-state index in [1.807, 2.05) is 53.7 Å². The largest absolute Gasteiger partial charge is 0.507 e. The van der Waals surface area contributed by atoms with Crippen molar-refractivity contribution in [3.8, 4) is 5.75 Å². The van der Waals surface area contributed by atoms with E-state index in [0.717, 1.165) is 16.0 Å². The van der Waals surface area contributed by atoms with Crippen molar-refractivity contribution in [2.24, 2.45) is 0 Å². The molecule has 1 heterocycles. The van der Waals surface area contributed by atoms with Crippen molar-refractivity contribution in [2.75, 3.05) is 10.2 Å². The van der Waals surface area contributed by atoms with E-state index >= 15 is 0 Å². The summed E-state index contributed by atoms with van der Waals surface area (Å²) in [5.41, 5.74) is 3.20. The Labute approximate surface area is 275 Å². The Kier molecular flexibility index (Phi) is 8.43. The Morgan fingerprint density at radius 3 is 1.85 bits per heavy atom. The second kappa shape index (κ2) is 11.6. The lowest BCUT2D eigenvalue weighted by atomic mass is 9.74. The molecule has 5 nitrogen and oxygen atoms in total. The highest BCUT2D eigenvalue weighted by Crippen LogP contribution is 2.50. The highest BCUT2D eigenvalue weighted by atomic mass is 19.4. The molecule has 0 saturated heterocycles. The number of anilines is 2. The predicted molar refractivity (Wildman–Crippen MR) is 181 cm³/mol. The number of aromatic hydroxyl groups is 1. The van der Waals surface area contributed by atoms with Gasteiger partial charge in [-0.15, -0.1) is 0 Å². The molecule has 3 aromatic carbocycles. The number of nitrogens with one attached hydrogen (secondary N) is 1. The fourth-order valence-corrected chi connectivity index (χ4v) is 6.71. The number of allylic oxidation sites excluding steroid dienone is 1. The predicted octanol–water partition coefficient (Wildman–Crippen LogP) is 9.75. The summed E-state index contributed by atoms with van der Waals surface area (Å²) in [4.78, 5) is 28.7. The van der Waals surface area contributed by atoms with Gasteiger partial charge in [-0.1, -0.05) is 98.7 Å². The van der Waals surface area contributed by atoms with Crippen LogP contribution in [0.2, 0.25) is 0 Å². The molecule has 2 atom stereocenters. The number of alkyl halides is 3. The summed E-state index contributed by atoms with van der Waals surface area (Å²) < 4.78 is 43.6. The van der Waals surface area contributed by atoms with E-state index in [0.29, 0.717) is 34.5 Å². The van der Waals surface area contributed by atoms with Gasteiger partial charge in [0.05, 0.1) is 17.4 Å². The van der Waals surface area contributed by atoms with Crippen LogP contribution in [0.4, 0.5) is 24.5 Å². The van der Waals surface area contributed by atoms with Gasteiger partial charge in [-0.25, -0.2) is 0 Å². The number of amides is 1. The van der Waals surface area contributed by atoms with E-state index in [-0.39, 0.29) is 40.5 Å². The highest BCUT2D eigenvalue weighted by Gasteiger charge is 2.50. The van der Waals surface area contributed by atoms with E-state index < -0.39 is 29.0 Å². The zero-order valence-corrected chi connectivity index (χ0v) is 28.7. The number of Topliss-reactive ketones (excluding diaryl/α,β-unsaturated/α-hetero) is 1. The van der Waals surface area contributed by atoms with Gasteiger partial charge in [0.1, 0.15) is 5.75 Å². The molecule has 0 radical (unpaired) electrons. The molecule has 2 N–H and O–H groups in total. The minimum atomic E-state index is -5.22. The Morgan fingerprint density at radius 1 is 0.787 bits per heavy atom. The van der Waals surface area contributed by atoms with Crippen molar-refractivity contribution in [3.05, 3.63) is 99.8 Å². The van der Waals surface area contributed by atoms with Crippen molar-refractivity contribution in [1.82, 2.24) is 0 Å². The van der Waals surface area contributed by atoms with Gasteiger partial charge < -0.3 is 10.4 Å². The highest BCUT2D eigenvalue weighted by molar-refractivity contribution is 6.07. The first-order chi connectivity index (χ1) is 21.6. The molecule has 3 aromatic rings. The molecular weight excluding hydrogens is 601 g/mol. The van der Waals surface area contributed by atoms with Crippen LogP contribution in [0.3, 0.4) is 0 Å². The number of carbonyl (C=O) groups excluding carboxylic acids is 2. The number of benzene rings is 3. The number of phenols is 1. The molecule has 1 aliphatic heterocycles. The Bertz CT molecular complexity index is 1720. The van der Waals surface area contributed by atoms with Gasteiger partial charge >= 0.3 is 12.1 Å². The van der Waals surface area contributed by atoms with Crippen LogP contribution in [-0.4, -0.2) is 23.0 Å². The van der Waals surface area contributed by atoms with Crippen molar-refractivity contribution < 1.29 is 27.9 Å². The number of para-hydroxylation sites is 2. The zero-order valence-electron chi connectivity index (χ0n) is 28.7. The third-order valence-corrected chi connectivity index (χ3v) is 9.26. The molecule has 0 saturated carbocycles. The van der Waals surface area contributed by atoms with Gasteiger partial charge in [-0.2, -0.15) is 13.2 Å². The third kappa shape index (κ3) is 6.56. The standard InChI is InChI=1S/C39H45F3N2O3/c1-36(2,3)25-16-14-22(15-17-25)23-20-29-32(31(45)21-23)33(24-18-26(37(4,5)6)34(46)27(19-24)38(7,8)9)44(35(47)39(40,41)42)30-13-11-10-12-28(30)43-29/h10-19,23,33,43,46H,20-21H2,1-9H3/t23-,33+/m0/s1. The van der Waals surface area contributed by atoms with Gasteiger partial charge in [0, 0.05) is 17.7 Å². The molecule has 250 valence electrons. The lowest BCUT2D eigenvalue weighted by Gasteiger charge is -2.37. The van der Waals surface area contributed by atoms with Crippen molar-refractivity contribution in [3.63, 3.8) is 0 Å². The monoisotopic (exact) mass is 646 g/mol. The lowest BCUT2D eigenvalue weighted by molar-refractivity contribution is -0.170. The van der Waals surface area contributed by atoms with E-state index in [1.165, 1.54) is 6.07 Å². The molecule has 2 aliphatic rings. The molecule has 0 unspecified atom stereocenters. The van der Waals surface area contributed by atoms with Crippen LogP contribution < -0.4 is 10.2 Å². The fraction of sp³-hybridized carbons (Fsp3) is 0.436. The second-order valence-electron chi connectivity index (χ2n) is 16.0. The molecule has 5 rings (SSSR count). The molecule has 8 heteroatoms. The Morgan fingerprint density at radius 2 is 1.34 bits per heavy atom. The summed E-state index contributed by atoms with van der Waals surface area (Å²) in [6, 6.07) is 16.5. The number of nitrogens with zero attached hydrogens (tertiary/aromatic N) is 1. The fourth-order valence-electron chi connectivity index (χ4n) is 6.71. The van der Waals surface area contributed by atoms with E-state index in [9.17, 15) is 27.9 Å². The maximum absolute atomic E-state index is 14.5. The van der Waals surface area contributed by atoms with E-state index in [1.54, 1.807) is 30.3 Å². The van der Waals surface area contributed by atoms with E-state index in [4.69, 9.17) is 0 Å². The van der Waals surface area contributed by atoms with E-state index in [2.05, 4.69) is 38.2 Å². The Balaban J connectivity index is 1.80. The maximum Gasteiger partial charge on any atom is 0.471 e. The molecule has 47 heavy (non-hydrogen) atoms. The van der Waals surface area contributed by atoms with Crippen molar-refractivity contribution in [2.45, 2.75) is 110 Å². The molecule has 0 aromatic heterocycles. The quantitative estimate of drug-likeness (QED) is 0.291. The summed E-state index contributed by atoms with van der Waals surface area (Å²) in [6.45, 7) is 17.8. The smallest absolute Gasteiger partial charge is 0.471 e. The van der Waals surface area contributed by atoms with Crippen LogP contribution in [0.5, 0.6) is 5.75 Å². The van der Waals surface area contributed by atoms with Crippen LogP contribution in [0.15, 0.2) is 71.9 Å². The first-order valence-corrected chi connectivity index (χ1v) is 16.1. The SMILES string of the molecule is CC(C)(C)c1ccc([C@@H]2CC(=O)C3=C(C2)Nc2ccccc2N(C(=O)C(F)(F)F)[C@@H]3c2cc(C(C)(C)C)c(O)c(C(C)(C)C)c2)cc1. The number of rotatable bonds is 2. The number of phenolic OH excluding ortho intramolecular Hbond substituents is 1. The summed E-state index contributed by atoms with van der Waals surface area (Å²) in [7, 11) is 0.